The summed E-state index contributed by atoms with van der Waals surface area (Å²) >= 11 is 5.99. The van der Waals surface area contributed by atoms with Gasteiger partial charge in [0.15, 0.2) is 0 Å². The molecule has 0 saturated carbocycles. The van der Waals surface area contributed by atoms with Gasteiger partial charge in [0.2, 0.25) is 0 Å². The van der Waals surface area contributed by atoms with Gasteiger partial charge in [-0.2, -0.15) is 0 Å². The van der Waals surface area contributed by atoms with Crippen LogP contribution >= 0.6 is 11.6 Å². The molecule has 1 aliphatic rings. The summed E-state index contributed by atoms with van der Waals surface area (Å²) in [6.45, 7) is 4.24. The van der Waals surface area contributed by atoms with Crippen LogP contribution in [0.25, 0.3) is 0 Å². The summed E-state index contributed by atoms with van der Waals surface area (Å²) in [4.78, 5) is 10.3. The van der Waals surface area contributed by atoms with E-state index in [1.807, 2.05) is 0 Å². The molecule has 94 valence electrons. The molecule has 1 aromatic rings. The number of piperidine rings is 1. The lowest BCUT2D eigenvalue weighted by molar-refractivity contribution is 0.237. The van der Waals surface area contributed by atoms with Gasteiger partial charge >= 0.3 is 0 Å². The van der Waals surface area contributed by atoms with Crippen LogP contribution < -0.4 is 11.1 Å². The van der Waals surface area contributed by atoms with Crippen LogP contribution in [0.15, 0.2) is 6.33 Å². The lowest BCUT2D eigenvalue weighted by Gasteiger charge is -2.26. The van der Waals surface area contributed by atoms with Crippen LogP contribution in [0.5, 0.6) is 0 Å². The Bertz CT molecular complexity index is 365. The first-order valence-corrected chi connectivity index (χ1v) is 6.37. The van der Waals surface area contributed by atoms with Crippen molar-refractivity contribution >= 4 is 23.2 Å². The summed E-state index contributed by atoms with van der Waals surface area (Å²) in [5, 5.41) is 3.60. The van der Waals surface area contributed by atoms with Crippen LogP contribution in [-0.2, 0) is 0 Å². The van der Waals surface area contributed by atoms with Crippen LogP contribution in [0.4, 0.5) is 11.6 Å². The van der Waals surface area contributed by atoms with Gasteiger partial charge in [-0.15, -0.1) is 0 Å². The van der Waals surface area contributed by atoms with Gasteiger partial charge in [-0.05, 0) is 25.9 Å². The van der Waals surface area contributed by atoms with E-state index in [1.165, 1.54) is 38.7 Å². The molecular weight excluding hydrogens is 238 g/mol. The van der Waals surface area contributed by atoms with Crippen molar-refractivity contribution in [2.75, 3.05) is 37.2 Å². The highest BCUT2D eigenvalue weighted by atomic mass is 35.5. The molecule has 17 heavy (non-hydrogen) atoms. The zero-order valence-corrected chi connectivity index (χ0v) is 10.6. The molecule has 1 saturated heterocycles. The highest BCUT2D eigenvalue weighted by Gasteiger charge is 2.10. The van der Waals surface area contributed by atoms with Crippen LogP contribution in [0, 0.1) is 0 Å². The Morgan fingerprint density at radius 3 is 2.82 bits per heavy atom. The molecule has 0 amide bonds. The predicted octanol–water partition coefficient (Wildman–Crippen LogP) is 1.61. The van der Waals surface area contributed by atoms with E-state index in [1.54, 1.807) is 0 Å². The van der Waals surface area contributed by atoms with E-state index in [9.17, 15) is 0 Å². The van der Waals surface area contributed by atoms with E-state index in [2.05, 4.69) is 20.2 Å². The molecule has 3 N–H and O–H groups in total. The second kappa shape index (κ2) is 6.02. The molecule has 0 atom stereocenters. The summed E-state index contributed by atoms with van der Waals surface area (Å²) in [6.07, 6.45) is 5.39. The number of hydrogen-bond donors (Lipinski definition) is 2. The molecular formula is C11H18ClN5. The maximum absolute atomic E-state index is 5.99. The molecule has 5 nitrogen and oxygen atoms in total. The first-order chi connectivity index (χ1) is 8.27. The van der Waals surface area contributed by atoms with Crippen molar-refractivity contribution in [3.63, 3.8) is 0 Å². The molecule has 1 aliphatic heterocycles. The van der Waals surface area contributed by atoms with Crippen molar-refractivity contribution < 1.29 is 0 Å². The summed E-state index contributed by atoms with van der Waals surface area (Å²) in [5.74, 6) is 0.943. The van der Waals surface area contributed by atoms with Gasteiger partial charge in [0.1, 0.15) is 23.0 Å². The number of anilines is 2. The number of likely N-dealkylation sites (tertiary alicyclic amines) is 1. The Balaban J connectivity index is 1.79. The minimum Gasteiger partial charge on any atom is -0.382 e. The highest BCUT2D eigenvalue weighted by molar-refractivity contribution is 6.35. The number of hydrogen-bond acceptors (Lipinski definition) is 5. The van der Waals surface area contributed by atoms with Gasteiger partial charge in [-0.1, -0.05) is 18.0 Å². The van der Waals surface area contributed by atoms with E-state index >= 15 is 0 Å². The molecule has 0 unspecified atom stereocenters. The number of nitrogen functional groups attached to an aromatic ring is 1. The minimum absolute atomic E-state index is 0.321. The van der Waals surface area contributed by atoms with Gasteiger partial charge in [0.25, 0.3) is 0 Å². The van der Waals surface area contributed by atoms with Gasteiger partial charge < -0.3 is 16.0 Å². The number of halogens is 1. The lowest BCUT2D eigenvalue weighted by atomic mass is 10.1. The average Bonchev–Trinajstić information content (AvgIpc) is 2.36. The zero-order valence-electron chi connectivity index (χ0n) is 9.82. The summed E-state index contributed by atoms with van der Waals surface area (Å²) in [7, 11) is 0. The molecule has 0 bridgehead atoms. The van der Waals surface area contributed by atoms with E-state index in [0.29, 0.717) is 16.7 Å². The van der Waals surface area contributed by atoms with Crippen molar-refractivity contribution in [2.45, 2.75) is 19.3 Å². The summed E-state index contributed by atoms with van der Waals surface area (Å²) < 4.78 is 0. The molecule has 0 aliphatic carbocycles. The van der Waals surface area contributed by atoms with Crippen molar-refractivity contribution in [2.24, 2.45) is 0 Å². The number of aromatic nitrogens is 2. The van der Waals surface area contributed by atoms with Crippen LogP contribution in [0.3, 0.4) is 0 Å². The van der Waals surface area contributed by atoms with E-state index < -0.39 is 0 Å². The van der Waals surface area contributed by atoms with Gasteiger partial charge in [-0.3, -0.25) is 0 Å². The molecule has 2 heterocycles. The smallest absolute Gasteiger partial charge is 0.150 e. The molecule has 0 spiro atoms. The number of nitrogens with zero attached hydrogens (tertiary/aromatic N) is 3. The molecule has 0 aromatic carbocycles. The van der Waals surface area contributed by atoms with Crippen molar-refractivity contribution in [1.29, 1.82) is 0 Å². The number of nitrogens with two attached hydrogens (primary N) is 1. The fourth-order valence-electron chi connectivity index (χ4n) is 2.02. The summed E-state index contributed by atoms with van der Waals surface area (Å²) in [6, 6.07) is 0. The fraction of sp³-hybridized carbons (Fsp3) is 0.636. The second-order valence-corrected chi connectivity index (χ2v) is 4.63. The molecule has 6 heteroatoms. The molecule has 0 radical (unpaired) electrons. The Morgan fingerprint density at radius 2 is 2.06 bits per heavy atom. The third kappa shape index (κ3) is 3.44. The predicted molar refractivity (Wildman–Crippen MR) is 70.2 cm³/mol. The normalized spacial score (nSPS) is 17.0. The third-order valence-corrected chi connectivity index (χ3v) is 3.36. The highest BCUT2D eigenvalue weighted by Crippen LogP contribution is 2.22. The van der Waals surface area contributed by atoms with E-state index in [0.717, 1.165) is 13.1 Å². The Morgan fingerprint density at radius 1 is 1.29 bits per heavy atom. The molecule has 1 fully saturated rings. The molecule has 1 aromatic heterocycles. The number of nitrogens with one attached hydrogen (secondary N) is 1. The first-order valence-electron chi connectivity index (χ1n) is 5.99. The number of rotatable bonds is 4. The van der Waals surface area contributed by atoms with Gasteiger partial charge in [0.05, 0.1) is 0 Å². The van der Waals surface area contributed by atoms with Crippen LogP contribution in [-0.4, -0.2) is 41.0 Å². The summed E-state index contributed by atoms with van der Waals surface area (Å²) in [5.41, 5.74) is 5.60. The lowest BCUT2D eigenvalue weighted by Crippen LogP contribution is -2.33. The standard InChI is InChI=1S/C11H18ClN5/c12-9-10(13)15-8-16-11(9)14-4-7-17-5-2-1-3-6-17/h8H,1-7H2,(H3,13,14,15,16). The van der Waals surface area contributed by atoms with Crippen molar-refractivity contribution in [1.82, 2.24) is 14.9 Å². The minimum atomic E-state index is 0.321. The van der Waals surface area contributed by atoms with Crippen molar-refractivity contribution in [3.05, 3.63) is 11.3 Å². The average molecular weight is 256 g/mol. The van der Waals surface area contributed by atoms with Crippen molar-refractivity contribution in [3.8, 4) is 0 Å². The maximum Gasteiger partial charge on any atom is 0.150 e. The Kier molecular flexibility index (Phi) is 4.39. The first kappa shape index (κ1) is 12.4. The molecule has 2 rings (SSSR count). The SMILES string of the molecule is Nc1ncnc(NCCN2CCCCC2)c1Cl. The third-order valence-electron chi connectivity index (χ3n) is 2.99. The van der Waals surface area contributed by atoms with Crippen LogP contribution in [0.1, 0.15) is 19.3 Å². The monoisotopic (exact) mass is 255 g/mol. The zero-order chi connectivity index (χ0) is 12.1. The van der Waals surface area contributed by atoms with E-state index in [-0.39, 0.29) is 0 Å². The quantitative estimate of drug-likeness (QED) is 0.856. The van der Waals surface area contributed by atoms with Gasteiger partial charge in [0, 0.05) is 13.1 Å². The van der Waals surface area contributed by atoms with E-state index in [4.69, 9.17) is 17.3 Å². The Labute approximate surface area is 106 Å². The van der Waals surface area contributed by atoms with Gasteiger partial charge in [-0.25, -0.2) is 9.97 Å². The van der Waals surface area contributed by atoms with Crippen LogP contribution in [0.2, 0.25) is 5.02 Å². The fourth-order valence-corrected chi connectivity index (χ4v) is 2.19. The maximum atomic E-state index is 5.99. The topological polar surface area (TPSA) is 67.1 Å². The Hall–Kier alpha value is -1.07. The second-order valence-electron chi connectivity index (χ2n) is 4.25. The largest absolute Gasteiger partial charge is 0.382 e.